The molecule has 0 fully saturated rings. The van der Waals surface area contributed by atoms with Crippen LogP contribution in [-0.2, 0) is 16.0 Å². The molecule has 0 unspecified atom stereocenters. The number of esters is 1. The van der Waals surface area contributed by atoms with Gasteiger partial charge in [-0.3, -0.25) is 4.79 Å². The summed E-state index contributed by atoms with van der Waals surface area (Å²) in [6.07, 6.45) is 2.33. The SMILES string of the molecule is COC(=O)c1cc(-c2csc(NC(=O)CCc3cccc(F)c3)n2)c[nH]1. The fourth-order valence-corrected chi connectivity index (χ4v) is 3.10. The molecule has 26 heavy (non-hydrogen) atoms. The number of carbonyl (C=O) groups is 2. The molecule has 0 aliphatic heterocycles. The van der Waals surface area contributed by atoms with Gasteiger partial charge >= 0.3 is 5.97 Å². The molecule has 0 aliphatic rings. The highest BCUT2D eigenvalue weighted by Crippen LogP contribution is 2.25. The van der Waals surface area contributed by atoms with E-state index in [0.717, 1.165) is 11.1 Å². The van der Waals surface area contributed by atoms with Gasteiger partial charge in [0.15, 0.2) is 5.13 Å². The van der Waals surface area contributed by atoms with Crippen molar-refractivity contribution in [2.24, 2.45) is 0 Å². The molecule has 0 radical (unpaired) electrons. The van der Waals surface area contributed by atoms with E-state index < -0.39 is 5.97 Å². The molecule has 1 amide bonds. The number of aromatic amines is 1. The van der Waals surface area contributed by atoms with Crippen LogP contribution in [0.2, 0.25) is 0 Å². The molecule has 134 valence electrons. The monoisotopic (exact) mass is 373 g/mol. The second kappa shape index (κ2) is 7.92. The predicted octanol–water partition coefficient (Wildman–Crippen LogP) is 3.64. The highest BCUT2D eigenvalue weighted by Gasteiger charge is 2.13. The van der Waals surface area contributed by atoms with Gasteiger partial charge in [-0.05, 0) is 30.2 Å². The molecule has 0 atom stereocenters. The second-order valence-corrected chi connectivity index (χ2v) is 6.37. The van der Waals surface area contributed by atoms with E-state index in [2.05, 4.69) is 20.0 Å². The molecule has 6 nitrogen and oxygen atoms in total. The molecule has 0 aliphatic carbocycles. The first-order valence-corrected chi connectivity index (χ1v) is 8.70. The molecule has 3 aromatic rings. The van der Waals surface area contributed by atoms with Gasteiger partial charge in [0.2, 0.25) is 5.91 Å². The largest absolute Gasteiger partial charge is 0.464 e. The summed E-state index contributed by atoms with van der Waals surface area (Å²) >= 11 is 1.29. The van der Waals surface area contributed by atoms with Crippen molar-refractivity contribution in [1.29, 1.82) is 0 Å². The quantitative estimate of drug-likeness (QED) is 0.646. The van der Waals surface area contributed by atoms with Gasteiger partial charge in [0.25, 0.3) is 0 Å². The molecule has 0 saturated carbocycles. The molecular weight excluding hydrogens is 357 g/mol. The Morgan fingerprint density at radius 2 is 2.19 bits per heavy atom. The standard InChI is InChI=1S/C18H16FN3O3S/c1-25-17(24)14-8-12(9-20-14)15-10-26-18(21-15)22-16(23)6-5-11-3-2-4-13(19)7-11/h2-4,7-10,20H,5-6H2,1H3,(H,21,22,23). The average molecular weight is 373 g/mol. The highest BCUT2D eigenvalue weighted by molar-refractivity contribution is 7.14. The van der Waals surface area contributed by atoms with E-state index in [1.165, 1.54) is 30.6 Å². The highest BCUT2D eigenvalue weighted by atomic mass is 32.1. The minimum absolute atomic E-state index is 0.195. The lowest BCUT2D eigenvalue weighted by atomic mass is 10.1. The smallest absolute Gasteiger partial charge is 0.354 e. The number of nitrogens with zero attached hydrogens (tertiary/aromatic N) is 1. The first kappa shape index (κ1) is 17.8. The summed E-state index contributed by atoms with van der Waals surface area (Å²) in [5.74, 6) is -0.970. The van der Waals surface area contributed by atoms with E-state index in [9.17, 15) is 14.0 Å². The third-order valence-electron chi connectivity index (χ3n) is 3.66. The van der Waals surface area contributed by atoms with Crippen molar-refractivity contribution in [3.8, 4) is 11.3 Å². The second-order valence-electron chi connectivity index (χ2n) is 5.51. The Bertz CT molecular complexity index is 935. The van der Waals surface area contributed by atoms with Crippen LogP contribution in [0.15, 0.2) is 41.9 Å². The Kier molecular flexibility index (Phi) is 5.43. The van der Waals surface area contributed by atoms with Gasteiger partial charge in [-0.15, -0.1) is 11.3 Å². The van der Waals surface area contributed by atoms with Crippen LogP contribution >= 0.6 is 11.3 Å². The number of hydrogen-bond acceptors (Lipinski definition) is 5. The number of hydrogen-bond donors (Lipinski definition) is 2. The molecule has 0 bridgehead atoms. The minimum atomic E-state index is -0.461. The third-order valence-corrected chi connectivity index (χ3v) is 4.42. The summed E-state index contributed by atoms with van der Waals surface area (Å²) in [4.78, 5) is 30.7. The number of benzene rings is 1. The lowest BCUT2D eigenvalue weighted by molar-refractivity contribution is -0.116. The van der Waals surface area contributed by atoms with Crippen LogP contribution in [0.5, 0.6) is 0 Å². The maximum Gasteiger partial charge on any atom is 0.354 e. The fraction of sp³-hybridized carbons (Fsp3) is 0.167. The number of halogens is 1. The fourth-order valence-electron chi connectivity index (χ4n) is 2.37. The van der Waals surface area contributed by atoms with Gasteiger partial charge in [0.1, 0.15) is 11.5 Å². The molecular formula is C18H16FN3O3S. The summed E-state index contributed by atoms with van der Waals surface area (Å²) < 4.78 is 17.8. The van der Waals surface area contributed by atoms with Crippen molar-refractivity contribution < 1.29 is 18.7 Å². The van der Waals surface area contributed by atoms with Crippen LogP contribution in [0, 0.1) is 5.82 Å². The Hall–Kier alpha value is -3.00. The van der Waals surface area contributed by atoms with Gasteiger partial charge in [-0.1, -0.05) is 12.1 Å². The number of ether oxygens (including phenoxy) is 1. The van der Waals surface area contributed by atoms with Gasteiger partial charge in [0.05, 0.1) is 12.8 Å². The maximum atomic E-state index is 13.1. The number of thiazole rings is 1. The van der Waals surface area contributed by atoms with Crippen molar-refractivity contribution in [3.05, 3.63) is 59.0 Å². The van der Waals surface area contributed by atoms with Gasteiger partial charge < -0.3 is 15.0 Å². The van der Waals surface area contributed by atoms with Crippen LogP contribution in [0.1, 0.15) is 22.5 Å². The molecule has 1 aromatic carbocycles. The molecule has 0 spiro atoms. The van der Waals surface area contributed by atoms with Crippen molar-refractivity contribution in [3.63, 3.8) is 0 Å². The van der Waals surface area contributed by atoms with Gasteiger partial charge in [-0.25, -0.2) is 14.2 Å². The normalized spacial score (nSPS) is 10.5. The first-order chi connectivity index (χ1) is 12.5. The first-order valence-electron chi connectivity index (χ1n) is 7.82. The average Bonchev–Trinajstić information content (AvgIpc) is 3.28. The van der Waals surface area contributed by atoms with E-state index in [1.54, 1.807) is 29.8 Å². The third kappa shape index (κ3) is 4.34. The van der Waals surface area contributed by atoms with Crippen LogP contribution in [0.4, 0.5) is 9.52 Å². The van der Waals surface area contributed by atoms with E-state index in [-0.39, 0.29) is 18.1 Å². The number of H-pyrrole nitrogens is 1. The molecule has 2 N–H and O–H groups in total. The summed E-state index contributed by atoms with van der Waals surface area (Å²) in [6.45, 7) is 0. The topological polar surface area (TPSA) is 84.1 Å². The van der Waals surface area contributed by atoms with Gasteiger partial charge in [-0.2, -0.15) is 0 Å². The Morgan fingerprint density at radius 1 is 1.35 bits per heavy atom. The van der Waals surface area contributed by atoms with Crippen molar-refractivity contribution >= 4 is 28.3 Å². The number of aryl methyl sites for hydroxylation is 1. The van der Waals surface area contributed by atoms with Crippen LogP contribution in [0.25, 0.3) is 11.3 Å². The van der Waals surface area contributed by atoms with Crippen molar-refractivity contribution in [2.45, 2.75) is 12.8 Å². The number of methoxy groups -OCH3 is 1. The van der Waals surface area contributed by atoms with Crippen LogP contribution in [-0.4, -0.2) is 29.0 Å². The Morgan fingerprint density at radius 3 is 2.96 bits per heavy atom. The number of aromatic nitrogens is 2. The zero-order valence-electron chi connectivity index (χ0n) is 13.9. The molecule has 2 heterocycles. The number of carbonyl (C=O) groups excluding carboxylic acids is 2. The Balaban J connectivity index is 1.58. The molecule has 3 rings (SSSR count). The van der Waals surface area contributed by atoms with Crippen LogP contribution in [0.3, 0.4) is 0 Å². The predicted molar refractivity (Wildman–Crippen MR) is 96.6 cm³/mol. The number of amides is 1. The van der Waals surface area contributed by atoms with Crippen molar-refractivity contribution in [2.75, 3.05) is 12.4 Å². The van der Waals surface area contributed by atoms with E-state index in [1.807, 2.05) is 0 Å². The minimum Gasteiger partial charge on any atom is -0.464 e. The summed E-state index contributed by atoms with van der Waals surface area (Å²) in [7, 11) is 1.31. The Labute approximate surface area is 153 Å². The zero-order chi connectivity index (χ0) is 18.5. The maximum absolute atomic E-state index is 13.1. The van der Waals surface area contributed by atoms with Crippen LogP contribution < -0.4 is 5.32 Å². The molecule has 8 heteroatoms. The lowest BCUT2D eigenvalue weighted by Crippen LogP contribution is -2.12. The zero-order valence-corrected chi connectivity index (χ0v) is 14.7. The lowest BCUT2D eigenvalue weighted by Gasteiger charge is -2.02. The summed E-state index contributed by atoms with van der Waals surface area (Å²) in [5, 5.41) is 4.98. The number of anilines is 1. The van der Waals surface area contributed by atoms with E-state index >= 15 is 0 Å². The number of nitrogens with one attached hydrogen (secondary N) is 2. The molecule has 0 saturated heterocycles. The number of rotatable bonds is 6. The van der Waals surface area contributed by atoms with E-state index in [4.69, 9.17) is 0 Å². The summed E-state index contributed by atoms with van der Waals surface area (Å²) in [6, 6.07) is 7.82. The van der Waals surface area contributed by atoms with Crippen molar-refractivity contribution in [1.82, 2.24) is 9.97 Å². The summed E-state index contributed by atoms with van der Waals surface area (Å²) in [5.41, 5.74) is 2.46. The van der Waals surface area contributed by atoms with Gasteiger partial charge in [0, 0.05) is 23.6 Å². The molecule has 2 aromatic heterocycles. The van der Waals surface area contributed by atoms with E-state index in [0.29, 0.717) is 22.9 Å².